The van der Waals surface area contributed by atoms with Gasteiger partial charge in [0.05, 0.1) is 11.5 Å². The number of nitrogens with one attached hydrogen (secondary N) is 1. The largest absolute Gasteiger partial charge is 0.394 e. The first-order valence-electron chi connectivity index (χ1n) is 5.35. The fourth-order valence-corrected chi connectivity index (χ4v) is 1.89. The predicted octanol–water partition coefficient (Wildman–Crippen LogP) is 1.86. The molecule has 0 saturated heterocycles. The highest BCUT2D eigenvalue weighted by atomic mass is 35.5. The number of nitrogens with zero attached hydrogens (tertiary/aromatic N) is 1. The Kier molecular flexibility index (Phi) is 3.33. The van der Waals surface area contributed by atoms with E-state index in [4.69, 9.17) is 16.7 Å². The van der Waals surface area contributed by atoms with Crippen LogP contribution in [0.1, 0.15) is 18.4 Å². The number of hydrogen-bond donors (Lipinski definition) is 2. The van der Waals surface area contributed by atoms with Crippen LogP contribution in [0.5, 0.6) is 0 Å². The Bertz CT molecular complexity index is 446. The molecule has 0 spiro atoms. The highest BCUT2D eigenvalue weighted by molar-refractivity contribution is 6.30. The lowest BCUT2D eigenvalue weighted by Gasteiger charge is -2.14. The summed E-state index contributed by atoms with van der Waals surface area (Å²) in [5.41, 5.74) is 0.355. The zero-order chi connectivity index (χ0) is 12.5. The van der Waals surface area contributed by atoms with Crippen LogP contribution in [0.15, 0.2) is 18.2 Å². The predicted molar refractivity (Wildman–Crippen MR) is 64.0 cm³/mol. The van der Waals surface area contributed by atoms with E-state index >= 15 is 0 Å². The summed E-state index contributed by atoms with van der Waals surface area (Å²) in [6.07, 6.45) is 1.80. The van der Waals surface area contributed by atoms with Crippen LogP contribution in [-0.2, 0) is 6.54 Å². The zero-order valence-electron chi connectivity index (χ0n) is 9.15. The van der Waals surface area contributed by atoms with Gasteiger partial charge in [0, 0.05) is 28.7 Å². The molecule has 17 heavy (non-hydrogen) atoms. The number of rotatable bonds is 5. The molecule has 1 aliphatic carbocycles. The number of nitro groups is 1. The Morgan fingerprint density at radius 2 is 2.24 bits per heavy atom. The van der Waals surface area contributed by atoms with E-state index in [-0.39, 0.29) is 17.8 Å². The van der Waals surface area contributed by atoms with Gasteiger partial charge < -0.3 is 10.4 Å². The van der Waals surface area contributed by atoms with Gasteiger partial charge in [-0.1, -0.05) is 11.6 Å². The van der Waals surface area contributed by atoms with Gasteiger partial charge in [-0.05, 0) is 25.0 Å². The van der Waals surface area contributed by atoms with Crippen molar-refractivity contribution in [1.29, 1.82) is 0 Å². The molecule has 0 radical (unpaired) electrons. The number of aliphatic hydroxyl groups excluding tert-OH is 1. The van der Waals surface area contributed by atoms with E-state index in [1.165, 1.54) is 12.1 Å². The molecule has 0 atom stereocenters. The van der Waals surface area contributed by atoms with Crippen LogP contribution in [0.25, 0.3) is 0 Å². The van der Waals surface area contributed by atoms with E-state index in [1.54, 1.807) is 6.07 Å². The second-order valence-corrected chi connectivity index (χ2v) is 4.76. The Balaban J connectivity index is 2.13. The molecule has 1 aromatic rings. The van der Waals surface area contributed by atoms with Crippen molar-refractivity contribution in [3.63, 3.8) is 0 Å². The van der Waals surface area contributed by atoms with Crippen LogP contribution in [0.4, 0.5) is 5.69 Å². The zero-order valence-corrected chi connectivity index (χ0v) is 9.91. The third-order valence-corrected chi connectivity index (χ3v) is 3.28. The van der Waals surface area contributed by atoms with Crippen LogP contribution in [0.3, 0.4) is 0 Å². The monoisotopic (exact) mass is 256 g/mol. The van der Waals surface area contributed by atoms with E-state index in [9.17, 15) is 10.1 Å². The minimum absolute atomic E-state index is 0.0515. The highest BCUT2D eigenvalue weighted by Gasteiger charge is 2.41. The molecule has 2 rings (SSSR count). The van der Waals surface area contributed by atoms with Crippen LogP contribution in [0.2, 0.25) is 5.02 Å². The first-order valence-corrected chi connectivity index (χ1v) is 5.73. The minimum Gasteiger partial charge on any atom is -0.394 e. The van der Waals surface area contributed by atoms with Crippen LogP contribution < -0.4 is 5.32 Å². The Morgan fingerprint density at radius 1 is 1.53 bits per heavy atom. The van der Waals surface area contributed by atoms with Crippen molar-refractivity contribution >= 4 is 17.3 Å². The van der Waals surface area contributed by atoms with E-state index in [0.717, 1.165) is 12.8 Å². The normalized spacial score (nSPS) is 16.8. The maximum absolute atomic E-state index is 10.8. The molecule has 1 fully saturated rings. The standard InChI is InChI=1S/C11H13ClN2O3/c12-9-1-2-10(14(16)17)8(5-9)6-13-11(7-15)3-4-11/h1-2,5,13,15H,3-4,6-7H2. The summed E-state index contributed by atoms with van der Waals surface area (Å²) in [6.45, 7) is 0.402. The summed E-state index contributed by atoms with van der Waals surface area (Å²) in [7, 11) is 0. The van der Waals surface area contributed by atoms with Gasteiger partial charge in [-0.15, -0.1) is 0 Å². The van der Waals surface area contributed by atoms with E-state index < -0.39 is 4.92 Å². The maximum Gasteiger partial charge on any atom is 0.273 e. The highest BCUT2D eigenvalue weighted by Crippen LogP contribution is 2.35. The Labute approximate surface area is 104 Å². The van der Waals surface area contributed by atoms with Crippen LogP contribution in [-0.4, -0.2) is 22.2 Å². The van der Waals surface area contributed by atoms with Crippen molar-refractivity contribution in [2.75, 3.05) is 6.61 Å². The molecule has 6 heteroatoms. The molecule has 92 valence electrons. The van der Waals surface area contributed by atoms with Gasteiger partial charge in [-0.3, -0.25) is 10.1 Å². The van der Waals surface area contributed by atoms with E-state index in [1.807, 2.05) is 0 Å². The number of benzene rings is 1. The molecule has 0 bridgehead atoms. The van der Waals surface area contributed by atoms with Crippen LogP contribution >= 0.6 is 11.6 Å². The molecule has 0 aromatic heterocycles. The van der Waals surface area contributed by atoms with Gasteiger partial charge >= 0.3 is 0 Å². The molecule has 1 aromatic carbocycles. The second kappa shape index (κ2) is 4.60. The molecule has 0 amide bonds. The van der Waals surface area contributed by atoms with Gasteiger partial charge in [0.2, 0.25) is 0 Å². The van der Waals surface area contributed by atoms with Gasteiger partial charge in [0.25, 0.3) is 5.69 Å². The average molecular weight is 257 g/mol. The Hall–Kier alpha value is -1.17. The third kappa shape index (κ3) is 2.74. The molecule has 1 saturated carbocycles. The second-order valence-electron chi connectivity index (χ2n) is 4.32. The minimum atomic E-state index is -0.425. The fraction of sp³-hybridized carbons (Fsp3) is 0.455. The molecule has 5 nitrogen and oxygen atoms in total. The topological polar surface area (TPSA) is 75.4 Å². The van der Waals surface area contributed by atoms with Crippen LogP contribution in [0, 0.1) is 10.1 Å². The summed E-state index contributed by atoms with van der Waals surface area (Å²) in [6, 6.07) is 4.49. The summed E-state index contributed by atoms with van der Waals surface area (Å²) in [5.74, 6) is 0. The maximum atomic E-state index is 10.8. The van der Waals surface area contributed by atoms with Gasteiger partial charge in [0.15, 0.2) is 0 Å². The van der Waals surface area contributed by atoms with Crippen molar-refractivity contribution in [3.05, 3.63) is 38.9 Å². The fourth-order valence-electron chi connectivity index (χ4n) is 1.70. The molecule has 0 heterocycles. The molecule has 0 unspecified atom stereocenters. The number of halogens is 1. The number of hydrogen-bond acceptors (Lipinski definition) is 4. The van der Waals surface area contributed by atoms with Gasteiger partial charge in [0.1, 0.15) is 0 Å². The van der Waals surface area contributed by atoms with Gasteiger partial charge in [-0.25, -0.2) is 0 Å². The van der Waals surface area contributed by atoms with E-state index in [2.05, 4.69) is 5.32 Å². The lowest BCUT2D eigenvalue weighted by atomic mass is 10.1. The molecule has 1 aliphatic rings. The van der Waals surface area contributed by atoms with Crippen molar-refractivity contribution in [2.24, 2.45) is 0 Å². The summed E-state index contributed by atoms with van der Waals surface area (Å²) in [5, 5.41) is 23.6. The van der Waals surface area contributed by atoms with E-state index in [0.29, 0.717) is 17.1 Å². The van der Waals surface area contributed by atoms with Gasteiger partial charge in [-0.2, -0.15) is 0 Å². The molecule has 2 N–H and O–H groups in total. The summed E-state index contributed by atoms with van der Waals surface area (Å²) >= 11 is 5.82. The lowest BCUT2D eigenvalue weighted by molar-refractivity contribution is -0.385. The molecular weight excluding hydrogens is 244 g/mol. The summed E-state index contributed by atoms with van der Waals surface area (Å²) in [4.78, 5) is 10.4. The first-order chi connectivity index (χ1) is 8.06. The smallest absolute Gasteiger partial charge is 0.273 e. The average Bonchev–Trinajstić information content (AvgIpc) is 3.07. The molecule has 0 aliphatic heterocycles. The Morgan fingerprint density at radius 3 is 2.76 bits per heavy atom. The van der Waals surface area contributed by atoms with Crippen molar-refractivity contribution in [2.45, 2.75) is 24.9 Å². The first kappa shape index (κ1) is 12.3. The lowest BCUT2D eigenvalue weighted by Crippen LogP contribution is -2.34. The van der Waals surface area contributed by atoms with Crippen molar-refractivity contribution in [1.82, 2.24) is 5.32 Å². The number of aliphatic hydroxyl groups is 1. The molecular formula is C11H13ClN2O3. The van der Waals surface area contributed by atoms with Crippen molar-refractivity contribution in [3.8, 4) is 0 Å². The summed E-state index contributed by atoms with van der Waals surface area (Å²) < 4.78 is 0. The third-order valence-electron chi connectivity index (χ3n) is 3.05. The number of nitro benzene ring substituents is 1. The van der Waals surface area contributed by atoms with Crippen molar-refractivity contribution < 1.29 is 10.0 Å². The quantitative estimate of drug-likeness (QED) is 0.623. The SMILES string of the molecule is O=[N+]([O-])c1ccc(Cl)cc1CNC1(CO)CC1.